The first-order chi connectivity index (χ1) is 8.16. The first kappa shape index (κ1) is 13.1. The van der Waals surface area contributed by atoms with Crippen LogP contribution in [0.2, 0.25) is 0 Å². The summed E-state index contributed by atoms with van der Waals surface area (Å²) in [5.74, 6) is 1.77. The molecule has 2 heteroatoms. The third-order valence-electron chi connectivity index (χ3n) is 4.11. The van der Waals surface area contributed by atoms with Gasteiger partial charge in [-0.3, -0.25) is 0 Å². The van der Waals surface area contributed by atoms with Gasteiger partial charge in [0, 0.05) is 17.0 Å². The van der Waals surface area contributed by atoms with Crippen molar-refractivity contribution in [2.45, 2.75) is 58.5 Å². The van der Waals surface area contributed by atoms with E-state index in [0.717, 1.165) is 17.9 Å². The van der Waals surface area contributed by atoms with Gasteiger partial charge in [0.2, 0.25) is 0 Å². The SMILES string of the molecule is CC(NC1CCCC(C(C)C)C1)c1cccs1. The molecule has 3 atom stereocenters. The quantitative estimate of drug-likeness (QED) is 0.823. The molecule has 0 aliphatic heterocycles. The van der Waals surface area contributed by atoms with Crippen LogP contribution < -0.4 is 5.32 Å². The molecule has 1 aromatic rings. The van der Waals surface area contributed by atoms with Gasteiger partial charge in [0.25, 0.3) is 0 Å². The minimum Gasteiger partial charge on any atom is -0.307 e. The van der Waals surface area contributed by atoms with Crippen molar-refractivity contribution < 1.29 is 0 Å². The van der Waals surface area contributed by atoms with E-state index in [9.17, 15) is 0 Å². The molecule has 1 nitrogen and oxygen atoms in total. The summed E-state index contributed by atoms with van der Waals surface area (Å²) in [4.78, 5) is 1.47. The lowest BCUT2D eigenvalue weighted by Gasteiger charge is -2.33. The molecular formula is C15H25NS. The molecule has 1 N–H and O–H groups in total. The lowest BCUT2D eigenvalue weighted by molar-refractivity contribution is 0.223. The van der Waals surface area contributed by atoms with Crippen LogP contribution in [0.3, 0.4) is 0 Å². The summed E-state index contributed by atoms with van der Waals surface area (Å²) in [6, 6.07) is 5.64. The summed E-state index contributed by atoms with van der Waals surface area (Å²) in [6.45, 7) is 7.04. The second kappa shape index (κ2) is 6.01. The van der Waals surface area contributed by atoms with E-state index in [-0.39, 0.29) is 0 Å². The third kappa shape index (κ3) is 3.56. The maximum absolute atomic E-state index is 3.82. The van der Waals surface area contributed by atoms with E-state index >= 15 is 0 Å². The Kier molecular flexibility index (Phi) is 4.63. The van der Waals surface area contributed by atoms with Crippen molar-refractivity contribution in [3.8, 4) is 0 Å². The Morgan fingerprint density at radius 3 is 2.76 bits per heavy atom. The molecule has 1 saturated carbocycles. The number of nitrogens with one attached hydrogen (secondary N) is 1. The molecule has 1 aliphatic rings. The molecule has 0 aromatic carbocycles. The normalized spacial score (nSPS) is 27.3. The predicted octanol–water partition coefficient (Wildman–Crippen LogP) is 4.61. The van der Waals surface area contributed by atoms with Crippen LogP contribution in [0.5, 0.6) is 0 Å². The van der Waals surface area contributed by atoms with Gasteiger partial charge in [-0.15, -0.1) is 11.3 Å². The molecule has 0 saturated heterocycles. The van der Waals surface area contributed by atoms with E-state index in [1.165, 1.54) is 30.6 Å². The molecule has 0 amide bonds. The van der Waals surface area contributed by atoms with Crippen molar-refractivity contribution in [2.75, 3.05) is 0 Å². The van der Waals surface area contributed by atoms with Crippen molar-refractivity contribution in [3.05, 3.63) is 22.4 Å². The summed E-state index contributed by atoms with van der Waals surface area (Å²) in [5, 5.41) is 5.99. The van der Waals surface area contributed by atoms with Crippen LogP contribution in [-0.2, 0) is 0 Å². The summed E-state index contributed by atoms with van der Waals surface area (Å²) in [6.07, 6.45) is 5.56. The van der Waals surface area contributed by atoms with Gasteiger partial charge >= 0.3 is 0 Å². The van der Waals surface area contributed by atoms with Crippen molar-refractivity contribution in [1.29, 1.82) is 0 Å². The van der Waals surface area contributed by atoms with E-state index in [1.807, 2.05) is 11.3 Å². The maximum atomic E-state index is 3.82. The Morgan fingerprint density at radius 1 is 1.29 bits per heavy atom. The Hall–Kier alpha value is -0.340. The molecule has 1 fully saturated rings. The Labute approximate surface area is 110 Å². The minimum atomic E-state index is 0.519. The average Bonchev–Trinajstić information content (AvgIpc) is 2.82. The highest BCUT2D eigenvalue weighted by Gasteiger charge is 2.25. The lowest BCUT2D eigenvalue weighted by Crippen LogP contribution is -2.36. The minimum absolute atomic E-state index is 0.519. The van der Waals surface area contributed by atoms with Crippen molar-refractivity contribution in [1.82, 2.24) is 5.32 Å². The first-order valence-corrected chi connectivity index (χ1v) is 7.84. The molecule has 1 aliphatic carbocycles. The Balaban J connectivity index is 1.86. The van der Waals surface area contributed by atoms with Gasteiger partial charge in [0.1, 0.15) is 0 Å². The lowest BCUT2D eigenvalue weighted by atomic mass is 9.79. The fraction of sp³-hybridized carbons (Fsp3) is 0.733. The highest BCUT2D eigenvalue weighted by molar-refractivity contribution is 7.10. The van der Waals surface area contributed by atoms with E-state index in [0.29, 0.717) is 6.04 Å². The molecule has 1 heterocycles. The standard InChI is InChI=1S/C15H25NS/c1-11(2)13-6-4-7-14(10-13)16-12(3)15-8-5-9-17-15/h5,8-9,11-14,16H,4,6-7,10H2,1-3H3. The van der Waals surface area contributed by atoms with Gasteiger partial charge < -0.3 is 5.32 Å². The number of hydrogen-bond acceptors (Lipinski definition) is 2. The second-order valence-electron chi connectivity index (χ2n) is 5.77. The van der Waals surface area contributed by atoms with Gasteiger partial charge in [-0.25, -0.2) is 0 Å². The fourth-order valence-electron chi connectivity index (χ4n) is 2.96. The largest absolute Gasteiger partial charge is 0.307 e. The van der Waals surface area contributed by atoms with E-state index in [4.69, 9.17) is 0 Å². The van der Waals surface area contributed by atoms with Crippen LogP contribution in [0.25, 0.3) is 0 Å². The molecule has 2 rings (SSSR count). The predicted molar refractivity (Wildman–Crippen MR) is 76.5 cm³/mol. The zero-order chi connectivity index (χ0) is 12.3. The van der Waals surface area contributed by atoms with Crippen molar-refractivity contribution >= 4 is 11.3 Å². The smallest absolute Gasteiger partial charge is 0.0388 e. The van der Waals surface area contributed by atoms with Crippen molar-refractivity contribution in [2.24, 2.45) is 11.8 Å². The van der Waals surface area contributed by atoms with Crippen LogP contribution in [0.15, 0.2) is 17.5 Å². The van der Waals surface area contributed by atoms with E-state index < -0.39 is 0 Å². The topological polar surface area (TPSA) is 12.0 Å². The summed E-state index contributed by atoms with van der Waals surface area (Å²) >= 11 is 1.86. The summed E-state index contributed by atoms with van der Waals surface area (Å²) in [5.41, 5.74) is 0. The molecule has 96 valence electrons. The number of hydrogen-bond donors (Lipinski definition) is 1. The number of thiophene rings is 1. The average molecular weight is 251 g/mol. The van der Waals surface area contributed by atoms with Gasteiger partial charge in [-0.2, -0.15) is 0 Å². The molecule has 3 unspecified atom stereocenters. The molecule has 0 bridgehead atoms. The summed E-state index contributed by atoms with van der Waals surface area (Å²) < 4.78 is 0. The van der Waals surface area contributed by atoms with E-state index in [2.05, 4.69) is 43.6 Å². The Bertz CT molecular complexity index is 318. The first-order valence-electron chi connectivity index (χ1n) is 6.96. The van der Waals surface area contributed by atoms with Crippen LogP contribution in [0.4, 0.5) is 0 Å². The zero-order valence-corrected chi connectivity index (χ0v) is 12.1. The van der Waals surface area contributed by atoms with E-state index in [1.54, 1.807) is 0 Å². The van der Waals surface area contributed by atoms with Gasteiger partial charge in [-0.1, -0.05) is 32.8 Å². The van der Waals surface area contributed by atoms with Gasteiger partial charge in [-0.05, 0) is 43.0 Å². The highest BCUT2D eigenvalue weighted by atomic mass is 32.1. The fourth-order valence-corrected chi connectivity index (χ4v) is 3.70. The van der Waals surface area contributed by atoms with Crippen LogP contribution in [-0.4, -0.2) is 6.04 Å². The van der Waals surface area contributed by atoms with Gasteiger partial charge in [0.05, 0.1) is 0 Å². The van der Waals surface area contributed by atoms with Crippen LogP contribution in [0.1, 0.15) is 57.4 Å². The highest BCUT2D eigenvalue weighted by Crippen LogP contribution is 2.31. The molecular weight excluding hydrogens is 226 g/mol. The molecule has 17 heavy (non-hydrogen) atoms. The number of rotatable bonds is 4. The van der Waals surface area contributed by atoms with Crippen LogP contribution in [0, 0.1) is 11.8 Å². The maximum Gasteiger partial charge on any atom is 0.0388 e. The monoisotopic (exact) mass is 251 g/mol. The van der Waals surface area contributed by atoms with Crippen molar-refractivity contribution in [3.63, 3.8) is 0 Å². The Morgan fingerprint density at radius 2 is 2.12 bits per heavy atom. The molecule has 0 radical (unpaired) electrons. The van der Waals surface area contributed by atoms with Crippen LogP contribution >= 0.6 is 11.3 Å². The van der Waals surface area contributed by atoms with Gasteiger partial charge in [0.15, 0.2) is 0 Å². The molecule has 0 spiro atoms. The zero-order valence-electron chi connectivity index (χ0n) is 11.3. The second-order valence-corrected chi connectivity index (χ2v) is 6.75. The third-order valence-corrected chi connectivity index (χ3v) is 5.17. The summed E-state index contributed by atoms with van der Waals surface area (Å²) in [7, 11) is 0. The molecule has 1 aromatic heterocycles.